The highest BCUT2D eigenvalue weighted by molar-refractivity contribution is 6.32. The Morgan fingerprint density at radius 3 is 1.36 bits per heavy atom. The van der Waals surface area contributed by atoms with Gasteiger partial charge in [-0.2, -0.15) is 26.3 Å². The molecule has 6 aromatic heterocycles. The van der Waals surface area contributed by atoms with E-state index in [1.165, 1.54) is 85.5 Å². The number of Topliss-reactive ketones (excluding diaryl/α,β-unsaturated/α-hetero) is 1. The van der Waals surface area contributed by atoms with Gasteiger partial charge in [-0.05, 0) is 60.7 Å². The number of pyridine rings is 2. The summed E-state index contributed by atoms with van der Waals surface area (Å²) in [5, 5.41) is 36.5. The zero-order chi connectivity index (χ0) is 53.3. The quantitative estimate of drug-likeness (QED) is 0.0892. The topological polar surface area (TPSA) is 311 Å². The van der Waals surface area contributed by atoms with Crippen LogP contribution >= 0.6 is 46.4 Å². The zero-order valence-electron chi connectivity index (χ0n) is 36.0. The largest absolute Gasteiger partial charge is 0.451 e. The molecule has 2 aromatic carbocycles. The van der Waals surface area contributed by atoms with Gasteiger partial charge in [-0.25, -0.2) is 38.3 Å². The first kappa shape index (κ1) is 53.0. The lowest BCUT2D eigenvalue weighted by Crippen LogP contribution is -2.50. The molecule has 0 aliphatic rings. The lowest BCUT2D eigenvalue weighted by Gasteiger charge is -2.24. The molecule has 0 atom stereocenters. The van der Waals surface area contributed by atoms with Crippen LogP contribution in [0.15, 0.2) is 95.0 Å². The normalized spacial score (nSPS) is 11.9. The minimum absolute atomic E-state index is 0.139. The van der Waals surface area contributed by atoms with Crippen LogP contribution in [-0.2, 0) is 31.0 Å². The van der Waals surface area contributed by atoms with Crippen LogP contribution in [0.1, 0.15) is 32.9 Å². The minimum atomic E-state index is -5.48. The maximum atomic E-state index is 13.2. The van der Waals surface area contributed by atoms with Crippen LogP contribution < -0.4 is 22.8 Å². The highest BCUT2D eigenvalue weighted by Crippen LogP contribution is 2.31. The molecular formula is C40H28Cl4F6N16O7. The van der Waals surface area contributed by atoms with E-state index < -0.39 is 73.3 Å². The maximum absolute atomic E-state index is 13.2. The molecule has 0 spiro atoms. The van der Waals surface area contributed by atoms with Crippen molar-refractivity contribution in [3.8, 4) is 34.2 Å². The first-order valence-electron chi connectivity index (χ1n) is 19.9. The second-order valence-corrected chi connectivity index (χ2v) is 16.5. The Labute approximate surface area is 421 Å². The van der Waals surface area contributed by atoms with Crippen LogP contribution in [0, 0.1) is 0 Å². The summed E-state index contributed by atoms with van der Waals surface area (Å²) in [4.78, 5) is 77.3. The number of carbonyl (C=O) groups excluding carboxylic acids is 3. The van der Waals surface area contributed by atoms with E-state index in [4.69, 9.17) is 57.9 Å². The third-order valence-corrected chi connectivity index (χ3v) is 10.9. The van der Waals surface area contributed by atoms with Crippen molar-refractivity contribution in [3.05, 3.63) is 150 Å². The summed E-state index contributed by atoms with van der Waals surface area (Å²) >= 11 is 24.0. The van der Waals surface area contributed by atoms with Crippen LogP contribution in [0.2, 0.25) is 20.1 Å². The fourth-order valence-corrected chi connectivity index (χ4v) is 6.98. The number of hydrogen-bond donors (Lipinski definition) is 4. The number of nitrogens with zero attached hydrogens (tertiary/aromatic N) is 14. The predicted octanol–water partition coefficient (Wildman–Crippen LogP) is 3.66. The van der Waals surface area contributed by atoms with E-state index in [1.807, 2.05) is 0 Å². The number of primary amides is 2. The lowest BCUT2D eigenvalue weighted by molar-refractivity contribution is -0.353. The van der Waals surface area contributed by atoms with Crippen molar-refractivity contribution in [1.82, 2.24) is 68.2 Å². The SMILES string of the molecule is NC(=O)c1nc(Cn2nc(-c3ccc(Cl)cc3)n(CC(=O)C(F)(F)F)c2=O)nn1-c1cnccc1Cl.NC(=O)c1nc(Cn2nc(-c3ccc(Cl)cc3)n(CC(O)(O)C(F)(F)F)c2=O)nn1-c1cnccc1Cl. The number of carbonyl (C=O) groups is 3. The van der Waals surface area contributed by atoms with Gasteiger partial charge in [0.15, 0.2) is 23.3 Å². The van der Waals surface area contributed by atoms with E-state index in [0.717, 1.165) is 14.0 Å². The van der Waals surface area contributed by atoms with Gasteiger partial charge in [0, 0.05) is 33.6 Å². The van der Waals surface area contributed by atoms with Crippen LogP contribution in [0.5, 0.6) is 0 Å². The summed E-state index contributed by atoms with van der Waals surface area (Å²) in [6.45, 7) is -3.90. The molecule has 0 bridgehead atoms. The average molecular weight is 1100 g/mol. The second kappa shape index (κ2) is 20.7. The molecule has 23 nitrogen and oxygen atoms in total. The number of halogens is 10. The Kier molecular flexibility index (Phi) is 15.0. The number of ketones is 1. The minimum Gasteiger partial charge on any atom is -0.363 e. The van der Waals surface area contributed by atoms with Gasteiger partial charge in [-0.15, -0.1) is 20.4 Å². The molecule has 0 unspecified atom stereocenters. The third kappa shape index (κ3) is 11.6. The van der Waals surface area contributed by atoms with Crippen molar-refractivity contribution in [2.75, 3.05) is 0 Å². The summed E-state index contributed by atoms with van der Waals surface area (Å²) in [7, 11) is 0. The number of amides is 2. The molecular weight excluding hydrogens is 1070 g/mol. The number of rotatable bonds is 14. The lowest BCUT2D eigenvalue weighted by atomic mass is 10.2. The van der Waals surface area contributed by atoms with Gasteiger partial charge >= 0.3 is 23.7 Å². The molecule has 2 amide bonds. The maximum Gasteiger partial charge on any atom is 0.451 e. The van der Waals surface area contributed by atoms with Crippen molar-refractivity contribution in [2.45, 2.75) is 44.3 Å². The molecule has 0 fully saturated rings. The Morgan fingerprint density at radius 2 is 0.986 bits per heavy atom. The monoisotopic (exact) mass is 1100 g/mol. The Hall–Kier alpha value is -7.83. The molecule has 380 valence electrons. The standard InChI is InChI=1S/C20H15Cl2F3N8O4.C20H13Cl2F3N8O3/c21-11-3-1-10(2-4-11)16-30-32(18(35)31(16)9-19(36,37)20(23,24)25)8-14-28-17(15(26)34)33(29-14)13-7-27-6-5-12(13)22;21-11-3-1-10(2-4-11)17-30-32(19(36)31(17)8-14(34)20(23,24)25)9-15-28-18(16(26)35)33(29-15)13-7-27-6-5-12(13)22/h1-7,36-37H,8-9H2,(H2,26,34);1-7H,8-9H2,(H2,26,35). The fourth-order valence-electron chi connectivity index (χ4n) is 6.36. The van der Waals surface area contributed by atoms with Gasteiger partial charge < -0.3 is 21.7 Å². The van der Waals surface area contributed by atoms with Gasteiger partial charge in [-0.3, -0.25) is 33.5 Å². The fraction of sp³-hybridized carbons (Fsp3) is 0.175. The Morgan fingerprint density at radius 1 is 0.589 bits per heavy atom. The van der Waals surface area contributed by atoms with Crippen LogP contribution in [0.4, 0.5) is 26.3 Å². The van der Waals surface area contributed by atoms with Gasteiger partial charge in [-0.1, -0.05) is 46.4 Å². The molecule has 73 heavy (non-hydrogen) atoms. The first-order valence-corrected chi connectivity index (χ1v) is 21.4. The molecule has 0 radical (unpaired) electrons. The molecule has 0 saturated heterocycles. The van der Waals surface area contributed by atoms with Crippen LogP contribution in [0.3, 0.4) is 0 Å². The van der Waals surface area contributed by atoms with E-state index in [2.05, 4.69) is 40.3 Å². The highest BCUT2D eigenvalue weighted by Gasteiger charge is 2.54. The van der Waals surface area contributed by atoms with Gasteiger partial charge in [0.05, 0.1) is 35.5 Å². The van der Waals surface area contributed by atoms with Crippen molar-refractivity contribution in [3.63, 3.8) is 0 Å². The molecule has 6 heterocycles. The number of benzene rings is 2. The van der Waals surface area contributed by atoms with Crippen molar-refractivity contribution in [2.24, 2.45) is 11.5 Å². The van der Waals surface area contributed by atoms with Gasteiger partial charge in [0.2, 0.25) is 11.6 Å². The predicted molar refractivity (Wildman–Crippen MR) is 242 cm³/mol. The number of alkyl halides is 6. The van der Waals surface area contributed by atoms with Gasteiger partial charge in [0.1, 0.15) is 24.5 Å². The molecule has 0 aliphatic carbocycles. The molecule has 8 rings (SSSR count). The van der Waals surface area contributed by atoms with Gasteiger partial charge in [0.25, 0.3) is 23.4 Å². The smallest absolute Gasteiger partial charge is 0.363 e. The number of aromatic nitrogens is 14. The third-order valence-electron chi connectivity index (χ3n) is 9.78. The summed E-state index contributed by atoms with van der Waals surface area (Å²) in [6.07, 6.45) is -5.27. The summed E-state index contributed by atoms with van der Waals surface area (Å²) < 4.78 is 82.7. The van der Waals surface area contributed by atoms with Crippen LogP contribution in [0.25, 0.3) is 34.2 Å². The zero-order valence-corrected chi connectivity index (χ0v) is 39.1. The summed E-state index contributed by atoms with van der Waals surface area (Å²) in [6, 6.07) is 14.1. The summed E-state index contributed by atoms with van der Waals surface area (Å²) in [5.41, 5.74) is 9.25. The summed E-state index contributed by atoms with van der Waals surface area (Å²) in [5.74, 6) is -9.93. The molecule has 33 heteroatoms. The van der Waals surface area contributed by atoms with E-state index in [-0.39, 0.29) is 67.5 Å². The van der Waals surface area contributed by atoms with E-state index >= 15 is 0 Å². The molecule has 8 aromatic rings. The Balaban J connectivity index is 0.000000214. The number of aliphatic hydroxyl groups is 2. The van der Waals surface area contributed by atoms with Crippen molar-refractivity contribution >= 4 is 64.0 Å². The van der Waals surface area contributed by atoms with E-state index in [9.17, 15) is 60.5 Å². The van der Waals surface area contributed by atoms with Crippen molar-refractivity contribution < 1.29 is 50.9 Å². The first-order chi connectivity index (χ1) is 34.2. The second-order valence-electron chi connectivity index (χ2n) is 14.9. The number of nitrogens with two attached hydrogens (primary N) is 2. The Bertz CT molecular complexity index is 3520. The molecule has 6 N–H and O–H groups in total. The average Bonchev–Trinajstić information content (AvgIpc) is 4.09. The van der Waals surface area contributed by atoms with Crippen molar-refractivity contribution in [1.29, 1.82) is 0 Å². The van der Waals surface area contributed by atoms with E-state index in [1.54, 1.807) is 0 Å². The van der Waals surface area contributed by atoms with Crippen LogP contribution in [-0.4, -0.2) is 114 Å². The molecule has 0 aliphatic heterocycles. The molecule has 0 saturated carbocycles. The van der Waals surface area contributed by atoms with E-state index in [0.29, 0.717) is 23.9 Å². The highest BCUT2D eigenvalue weighted by atomic mass is 35.5. The number of hydrogen-bond acceptors (Lipinski definition) is 15.